The molecule has 5 nitrogen and oxygen atoms in total. The number of azide groups is 1. The maximum absolute atomic E-state index is 8.06. The van der Waals surface area contributed by atoms with Gasteiger partial charge in [0.25, 0.3) is 0 Å². The monoisotopic (exact) mass is 165 g/mol. The molecule has 0 saturated carbocycles. The van der Waals surface area contributed by atoms with Crippen LogP contribution in [0.4, 0.5) is 0 Å². The summed E-state index contributed by atoms with van der Waals surface area (Å²) in [7, 11) is 1.90. The van der Waals surface area contributed by atoms with Crippen molar-refractivity contribution in [3.05, 3.63) is 27.9 Å². The lowest BCUT2D eigenvalue weighted by Gasteiger charge is -1.96. The molecule has 5 heteroatoms. The van der Waals surface area contributed by atoms with E-state index in [2.05, 4.69) is 15.1 Å². The highest BCUT2D eigenvalue weighted by atomic mass is 15.3. The molecule has 1 rings (SSSR count). The molecule has 0 aliphatic heterocycles. The van der Waals surface area contributed by atoms with Gasteiger partial charge in [-0.15, -0.1) is 0 Å². The predicted molar refractivity (Wildman–Crippen MR) is 45.7 cm³/mol. The van der Waals surface area contributed by atoms with Gasteiger partial charge in [-0.3, -0.25) is 4.68 Å². The Bertz CT molecular complexity index is 308. The van der Waals surface area contributed by atoms with E-state index >= 15 is 0 Å². The van der Waals surface area contributed by atoms with E-state index < -0.39 is 0 Å². The van der Waals surface area contributed by atoms with Crippen LogP contribution in [0.25, 0.3) is 10.4 Å². The second-order valence-electron chi connectivity index (χ2n) is 2.58. The molecule has 0 aromatic carbocycles. The number of aryl methyl sites for hydroxylation is 1. The van der Waals surface area contributed by atoms with E-state index in [0.717, 1.165) is 17.7 Å². The Labute approximate surface area is 70.6 Å². The summed E-state index contributed by atoms with van der Waals surface area (Å²) in [6.07, 6.45) is 2.58. The van der Waals surface area contributed by atoms with Gasteiger partial charge in [-0.25, -0.2) is 0 Å². The minimum atomic E-state index is 0.503. The van der Waals surface area contributed by atoms with Crippen LogP contribution in [0.5, 0.6) is 0 Å². The summed E-state index contributed by atoms with van der Waals surface area (Å²) in [5, 5.41) is 7.54. The molecule has 0 bridgehead atoms. The molecule has 0 aliphatic carbocycles. The molecule has 1 aromatic heterocycles. The summed E-state index contributed by atoms with van der Waals surface area (Å²) >= 11 is 0. The number of aromatic nitrogens is 2. The lowest BCUT2D eigenvalue weighted by atomic mass is 10.2. The average Bonchev–Trinajstić information content (AvgIpc) is 2.36. The first-order chi connectivity index (χ1) is 5.75. The van der Waals surface area contributed by atoms with Crippen molar-refractivity contribution in [3.63, 3.8) is 0 Å². The molecule has 1 heterocycles. The normalized spacial score (nSPS) is 9.50. The van der Waals surface area contributed by atoms with Crippen LogP contribution < -0.4 is 0 Å². The zero-order chi connectivity index (χ0) is 8.97. The Hall–Kier alpha value is -1.48. The van der Waals surface area contributed by atoms with Crippen molar-refractivity contribution >= 4 is 0 Å². The van der Waals surface area contributed by atoms with Crippen LogP contribution in [0.15, 0.2) is 11.3 Å². The first kappa shape index (κ1) is 8.62. The topological polar surface area (TPSA) is 66.6 Å². The second kappa shape index (κ2) is 3.78. The largest absolute Gasteiger partial charge is 0.273 e. The van der Waals surface area contributed by atoms with Crippen LogP contribution in [-0.4, -0.2) is 16.3 Å². The first-order valence-corrected chi connectivity index (χ1v) is 3.74. The Morgan fingerprint density at radius 3 is 3.00 bits per heavy atom. The van der Waals surface area contributed by atoms with E-state index in [0.29, 0.717) is 6.54 Å². The fraction of sp³-hybridized carbons (Fsp3) is 0.571. The van der Waals surface area contributed by atoms with Crippen LogP contribution in [-0.2, 0) is 13.5 Å². The van der Waals surface area contributed by atoms with Gasteiger partial charge in [0.05, 0.1) is 6.20 Å². The van der Waals surface area contributed by atoms with Gasteiger partial charge in [0, 0.05) is 24.2 Å². The average molecular weight is 165 g/mol. The minimum Gasteiger partial charge on any atom is -0.273 e. The van der Waals surface area contributed by atoms with Crippen LogP contribution >= 0.6 is 0 Å². The summed E-state index contributed by atoms with van der Waals surface area (Å²) < 4.78 is 1.81. The highest BCUT2D eigenvalue weighted by Crippen LogP contribution is 2.05. The van der Waals surface area contributed by atoms with Crippen LogP contribution in [0.2, 0.25) is 0 Å². The number of nitrogens with zero attached hydrogens (tertiary/aromatic N) is 5. The molecule has 0 amide bonds. The van der Waals surface area contributed by atoms with Gasteiger partial charge in [0.1, 0.15) is 0 Å². The Morgan fingerprint density at radius 2 is 2.50 bits per heavy atom. The molecule has 0 fully saturated rings. The molecular weight excluding hydrogens is 154 g/mol. The summed E-state index contributed by atoms with van der Waals surface area (Å²) in [6, 6.07) is 0. The highest BCUT2D eigenvalue weighted by Gasteiger charge is 2.01. The van der Waals surface area contributed by atoms with Gasteiger partial charge in [-0.2, -0.15) is 5.10 Å². The van der Waals surface area contributed by atoms with Gasteiger partial charge in [0.2, 0.25) is 0 Å². The molecule has 0 spiro atoms. The standard InChI is InChI=1S/C7H11N5/c1-6-7(3-4-9-11-8)5-10-12(6)2/h5H,3-4H2,1-2H3. The number of rotatable bonds is 3. The Kier molecular flexibility index (Phi) is 2.71. The summed E-state index contributed by atoms with van der Waals surface area (Å²) in [6.45, 7) is 2.50. The van der Waals surface area contributed by atoms with Crippen LogP contribution in [0.3, 0.4) is 0 Å². The predicted octanol–water partition coefficient (Wildman–Crippen LogP) is 1.58. The maximum atomic E-state index is 8.06. The van der Waals surface area contributed by atoms with Crippen molar-refractivity contribution in [1.29, 1.82) is 0 Å². The van der Waals surface area contributed by atoms with Crippen molar-refractivity contribution in [3.8, 4) is 0 Å². The van der Waals surface area contributed by atoms with E-state index in [1.807, 2.05) is 24.9 Å². The summed E-state index contributed by atoms with van der Waals surface area (Å²) in [5.74, 6) is 0. The zero-order valence-corrected chi connectivity index (χ0v) is 7.23. The summed E-state index contributed by atoms with van der Waals surface area (Å²) in [5.41, 5.74) is 10.3. The maximum Gasteiger partial charge on any atom is 0.0524 e. The minimum absolute atomic E-state index is 0.503. The number of hydrogen-bond acceptors (Lipinski definition) is 2. The van der Waals surface area contributed by atoms with Gasteiger partial charge in [-0.1, -0.05) is 5.11 Å². The molecule has 0 atom stereocenters. The van der Waals surface area contributed by atoms with Gasteiger partial charge >= 0.3 is 0 Å². The van der Waals surface area contributed by atoms with Crippen molar-refractivity contribution in [2.24, 2.45) is 12.2 Å². The smallest absolute Gasteiger partial charge is 0.0524 e. The quantitative estimate of drug-likeness (QED) is 0.381. The second-order valence-corrected chi connectivity index (χ2v) is 2.58. The van der Waals surface area contributed by atoms with E-state index in [4.69, 9.17) is 5.53 Å². The van der Waals surface area contributed by atoms with Gasteiger partial charge < -0.3 is 0 Å². The van der Waals surface area contributed by atoms with Gasteiger partial charge in [-0.05, 0) is 24.4 Å². The number of hydrogen-bond donors (Lipinski definition) is 0. The first-order valence-electron chi connectivity index (χ1n) is 3.74. The highest BCUT2D eigenvalue weighted by molar-refractivity contribution is 5.15. The molecular formula is C7H11N5. The Morgan fingerprint density at radius 1 is 1.75 bits per heavy atom. The lowest BCUT2D eigenvalue weighted by Crippen LogP contribution is -1.95. The summed E-state index contributed by atoms with van der Waals surface area (Å²) in [4.78, 5) is 2.69. The molecule has 0 N–H and O–H groups in total. The third-order valence-electron chi connectivity index (χ3n) is 1.88. The molecule has 12 heavy (non-hydrogen) atoms. The molecule has 0 aliphatic rings. The molecule has 1 aromatic rings. The Balaban J connectivity index is 2.63. The lowest BCUT2D eigenvalue weighted by molar-refractivity contribution is 0.737. The van der Waals surface area contributed by atoms with Crippen molar-refractivity contribution < 1.29 is 0 Å². The zero-order valence-electron chi connectivity index (χ0n) is 7.23. The van der Waals surface area contributed by atoms with E-state index in [1.165, 1.54) is 0 Å². The molecule has 64 valence electrons. The van der Waals surface area contributed by atoms with Crippen LogP contribution in [0, 0.1) is 6.92 Å². The van der Waals surface area contributed by atoms with E-state index in [-0.39, 0.29) is 0 Å². The molecule has 0 radical (unpaired) electrons. The van der Waals surface area contributed by atoms with Crippen molar-refractivity contribution in [2.45, 2.75) is 13.3 Å². The van der Waals surface area contributed by atoms with Crippen molar-refractivity contribution in [2.75, 3.05) is 6.54 Å². The van der Waals surface area contributed by atoms with E-state index in [1.54, 1.807) is 0 Å². The third-order valence-corrected chi connectivity index (χ3v) is 1.88. The molecule has 0 saturated heterocycles. The van der Waals surface area contributed by atoms with E-state index in [9.17, 15) is 0 Å². The van der Waals surface area contributed by atoms with Crippen LogP contribution in [0.1, 0.15) is 11.3 Å². The fourth-order valence-corrected chi connectivity index (χ4v) is 1.00. The van der Waals surface area contributed by atoms with Crippen molar-refractivity contribution in [1.82, 2.24) is 9.78 Å². The molecule has 0 unspecified atom stereocenters. The van der Waals surface area contributed by atoms with Gasteiger partial charge in [0.15, 0.2) is 0 Å². The third kappa shape index (κ3) is 1.77. The SMILES string of the molecule is Cc1c(CCN=[N+]=[N-])cnn1C. The fourth-order valence-electron chi connectivity index (χ4n) is 1.00.